The van der Waals surface area contributed by atoms with Gasteiger partial charge in [0, 0.05) is 13.1 Å². The molecule has 194 valence electrons. The zero-order valence-corrected chi connectivity index (χ0v) is 21.8. The van der Waals surface area contributed by atoms with Crippen molar-refractivity contribution in [1.29, 1.82) is 0 Å². The van der Waals surface area contributed by atoms with Crippen LogP contribution in [-0.2, 0) is 26.0 Å². The van der Waals surface area contributed by atoms with Crippen molar-refractivity contribution in [3.8, 4) is 5.75 Å². The summed E-state index contributed by atoms with van der Waals surface area (Å²) in [5.41, 5.74) is 2.55. The minimum absolute atomic E-state index is 0.0187. The van der Waals surface area contributed by atoms with Gasteiger partial charge in [0.1, 0.15) is 5.75 Å². The summed E-state index contributed by atoms with van der Waals surface area (Å²) in [6, 6.07) is 23.3. The normalized spacial score (nSPS) is 15.1. The summed E-state index contributed by atoms with van der Waals surface area (Å²) in [4.78, 5) is 28.0. The second kappa shape index (κ2) is 11.6. The number of rotatable bonds is 9. The summed E-state index contributed by atoms with van der Waals surface area (Å²) in [6.07, 6.45) is -0.251. The average Bonchev–Trinajstić information content (AvgIpc) is 2.91. The number of para-hydroxylation sites is 2. The SMILES string of the molecule is CCN(CC(=O)N1CC(C(=O)NCCc2ccccc2)Oc2ccccc21)S(=O)(=O)c1ccc(C)cc1. The van der Waals surface area contributed by atoms with Gasteiger partial charge in [0.25, 0.3) is 5.91 Å². The number of ether oxygens (including phenoxy) is 1. The van der Waals surface area contributed by atoms with Crippen LogP contribution in [0.5, 0.6) is 5.75 Å². The molecule has 0 bridgehead atoms. The van der Waals surface area contributed by atoms with Crippen LogP contribution in [0, 0.1) is 6.92 Å². The maximum Gasteiger partial charge on any atom is 0.262 e. The molecule has 0 fully saturated rings. The molecule has 0 radical (unpaired) electrons. The molecule has 0 saturated carbocycles. The smallest absolute Gasteiger partial charge is 0.262 e. The molecule has 37 heavy (non-hydrogen) atoms. The van der Waals surface area contributed by atoms with E-state index in [0.717, 1.165) is 15.4 Å². The van der Waals surface area contributed by atoms with Crippen LogP contribution in [-0.4, -0.2) is 56.8 Å². The number of sulfonamides is 1. The number of hydrogen-bond donors (Lipinski definition) is 1. The summed E-state index contributed by atoms with van der Waals surface area (Å²) in [6.45, 7) is 3.74. The molecule has 1 atom stereocenters. The van der Waals surface area contributed by atoms with E-state index in [2.05, 4.69) is 5.32 Å². The van der Waals surface area contributed by atoms with Gasteiger partial charge in [0.05, 0.1) is 23.7 Å². The predicted molar refractivity (Wildman–Crippen MR) is 142 cm³/mol. The molecule has 1 aliphatic heterocycles. The molecule has 9 heteroatoms. The highest BCUT2D eigenvalue weighted by Crippen LogP contribution is 2.33. The summed E-state index contributed by atoms with van der Waals surface area (Å²) in [5, 5.41) is 2.89. The Morgan fingerprint density at radius 3 is 2.38 bits per heavy atom. The first-order chi connectivity index (χ1) is 17.8. The second-order valence-electron chi connectivity index (χ2n) is 8.85. The molecule has 1 N–H and O–H groups in total. The van der Waals surface area contributed by atoms with Crippen molar-refractivity contribution in [2.75, 3.05) is 31.1 Å². The highest BCUT2D eigenvalue weighted by atomic mass is 32.2. The van der Waals surface area contributed by atoms with Crippen molar-refractivity contribution in [1.82, 2.24) is 9.62 Å². The number of aryl methyl sites for hydroxylation is 1. The lowest BCUT2D eigenvalue weighted by Gasteiger charge is -2.35. The number of nitrogens with zero attached hydrogens (tertiary/aromatic N) is 2. The minimum Gasteiger partial charge on any atom is -0.477 e. The van der Waals surface area contributed by atoms with Gasteiger partial charge in [-0.05, 0) is 43.2 Å². The number of likely N-dealkylation sites (N-methyl/N-ethyl adjacent to an activating group) is 1. The Bertz CT molecular complexity index is 1340. The van der Waals surface area contributed by atoms with Gasteiger partial charge in [-0.1, -0.05) is 67.1 Å². The van der Waals surface area contributed by atoms with Crippen LogP contribution >= 0.6 is 0 Å². The molecule has 1 aliphatic rings. The lowest BCUT2D eigenvalue weighted by atomic mass is 10.1. The Labute approximate surface area is 217 Å². The number of hydrogen-bond acceptors (Lipinski definition) is 5. The Kier molecular flexibility index (Phi) is 8.25. The van der Waals surface area contributed by atoms with Gasteiger partial charge >= 0.3 is 0 Å². The molecule has 0 saturated heterocycles. The van der Waals surface area contributed by atoms with E-state index in [1.807, 2.05) is 37.3 Å². The van der Waals surface area contributed by atoms with E-state index in [1.54, 1.807) is 43.3 Å². The fourth-order valence-corrected chi connectivity index (χ4v) is 5.56. The largest absolute Gasteiger partial charge is 0.477 e. The van der Waals surface area contributed by atoms with Crippen LogP contribution in [0.15, 0.2) is 83.8 Å². The van der Waals surface area contributed by atoms with Gasteiger partial charge in [0.15, 0.2) is 6.10 Å². The second-order valence-corrected chi connectivity index (χ2v) is 10.8. The van der Waals surface area contributed by atoms with Gasteiger partial charge in [-0.25, -0.2) is 8.42 Å². The molecule has 0 aromatic heterocycles. The fraction of sp³-hybridized carbons (Fsp3) is 0.286. The zero-order chi connectivity index (χ0) is 26.4. The van der Waals surface area contributed by atoms with Crippen molar-refractivity contribution in [2.24, 2.45) is 0 Å². The highest BCUT2D eigenvalue weighted by molar-refractivity contribution is 7.89. The van der Waals surface area contributed by atoms with Crippen LogP contribution in [0.3, 0.4) is 0 Å². The summed E-state index contributed by atoms with van der Waals surface area (Å²) in [7, 11) is -3.87. The molecule has 0 aliphatic carbocycles. The standard InChI is InChI=1S/C28H31N3O5S/c1-3-30(37(34,35)23-15-13-21(2)14-16-23)20-27(32)31-19-26(36-25-12-8-7-11-24(25)31)28(33)29-18-17-22-9-5-4-6-10-22/h4-16,26H,3,17-20H2,1-2H3,(H,29,33). The van der Waals surface area contributed by atoms with E-state index in [4.69, 9.17) is 4.74 Å². The fourth-order valence-electron chi connectivity index (χ4n) is 4.16. The Morgan fingerprint density at radius 1 is 1.00 bits per heavy atom. The third kappa shape index (κ3) is 6.18. The number of carbonyl (C=O) groups excluding carboxylic acids is 2. The maximum absolute atomic E-state index is 13.5. The first kappa shape index (κ1) is 26.4. The zero-order valence-electron chi connectivity index (χ0n) is 21.0. The van der Waals surface area contributed by atoms with Crippen LogP contribution < -0.4 is 15.0 Å². The van der Waals surface area contributed by atoms with E-state index >= 15 is 0 Å². The van der Waals surface area contributed by atoms with E-state index in [1.165, 1.54) is 17.0 Å². The number of fused-ring (bicyclic) bond motifs is 1. The molecule has 1 unspecified atom stereocenters. The number of anilines is 1. The van der Waals surface area contributed by atoms with Crippen LogP contribution in [0.4, 0.5) is 5.69 Å². The van der Waals surface area contributed by atoms with Crippen LogP contribution in [0.2, 0.25) is 0 Å². The van der Waals surface area contributed by atoms with E-state index in [9.17, 15) is 18.0 Å². The van der Waals surface area contributed by atoms with Crippen molar-refractivity contribution < 1.29 is 22.7 Å². The minimum atomic E-state index is -3.87. The maximum atomic E-state index is 13.5. The topological polar surface area (TPSA) is 96.0 Å². The number of carbonyl (C=O) groups is 2. The molecule has 2 amide bonds. The van der Waals surface area contributed by atoms with E-state index in [0.29, 0.717) is 24.4 Å². The van der Waals surface area contributed by atoms with Crippen molar-refractivity contribution in [2.45, 2.75) is 31.3 Å². The van der Waals surface area contributed by atoms with Crippen molar-refractivity contribution >= 4 is 27.5 Å². The van der Waals surface area contributed by atoms with E-state index in [-0.39, 0.29) is 30.4 Å². The molecule has 8 nitrogen and oxygen atoms in total. The number of nitrogens with one attached hydrogen (secondary N) is 1. The Hall–Kier alpha value is -3.69. The molecular formula is C28H31N3O5S. The number of benzene rings is 3. The highest BCUT2D eigenvalue weighted by Gasteiger charge is 2.35. The first-order valence-corrected chi connectivity index (χ1v) is 13.7. The molecule has 3 aromatic rings. The lowest BCUT2D eigenvalue weighted by Crippen LogP contribution is -2.53. The monoisotopic (exact) mass is 521 g/mol. The lowest BCUT2D eigenvalue weighted by molar-refractivity contribution is -0.128. The van der Waals surface area contributed by atoms with E-state index < -0.39 is 22.0 Å². The summed E-state index contributed by atoms with van der Waals surface area (Å²) >= 11 is 0. The molecule has 1 heterocycles. The third-order valence-electron chi connectivity index (χ3n) is 6.25. The summed E-state index contributed by atoms with van der Waals surface area (Å²) in [5.74, 6) is -0.368. The van der Waals surface area contributed by atoms with Crippen LogP contribution in [0.1, 0.15) is 18.1 Å². The molecule has 3 aromatic carbocycles. The van der Waals surface area contributed by atoms with Crippen molar-refractivity contribution in [3.63, 3.8) is 0 Å². The van der Waals surface area contributed by atoms with Gasteiger partial charge in [-0.3, -0.25) is 9.59 Å². The summed E-state index contributed by atoms with van der Waals surface area (Å²) < 4.78 is 33.5. The van der Waals surface area contributed by atoms with Gasteiger partial charge in [0.2, 0.25) is 15.9 Å². The number of amides is 2. The molecule has 0 spiro atoms. The van der Waals surface area contributed by atoms with Gasteiger partial charge < -0.3 is 15.0 Å². The Morgan fingerprint density at radius 2 is 1.68 bits per heavy atom. The van der Waals surface area contributed by atoms with Crippen LogP contribution in [0.25, 0.3) is 0 Å². The first-order valence-electron chi connectivity index (χ1n) is 12.2. The predicted octanol–water partition coefficient (Wildman–Crippen LogP) is 3.16. The average molecular weight is 522 g/mol. The van der Waals surface area contributed by atoms with Crippen molar-refractivity contribution in [3.05, 3.63) is 90.0 Å². The Balaban J connectivity index is 1.48. The molecule has 4 rings (SSSR count). The quantitative estimate of drug-likeness (QED) is 0.467. The molecular weight excluding hydrogens is 490 g/mol. The third-order valence-corrected chi connectivity index (χ3v) is 8.18. The van der Waals surface area contributed by atoms with Gasteiger partial charge in [-0.15, -0.1) is 0 Å². The van der Waals surface area contributed by atoms with Gasteiger partial charge in [-0.2, -0.15) is 4.31 Å².